The van der Waals surface area contributed by atoms with Crippen molar-refractivity contribution in [2.75, 3.05) is 6.54 Å². The van der Waals surface area contributed by atoms with E-state index < -0.39 is 26.8 Å². The maximum Gasteiger partial charge on any atom is 0.416 e. The first-order valence-corrected chi connectivity index (χ1v) is 10.5. The first-order valence-electron chi connectivity index (χ1n) is 8.94. The number of alkyl halides is 3. The first kappa shape index (κ1) is 21.7. The summed E-state index contributed by atoms with van der Waals surface area (Å²) in [7, 11) is -3.82. The van der Waals surface area contributed by atoms with E-state index in [4.69, 9.17) is 0 Å². The molecule has 1 aliphatic carbocycles. The van der Waals surface area contributed by atoms with Gasteiger partial charge in [-0.2, -0.15) is 13.2 Å². The third-order valence-corrected chi connectivity index (χ3v) is 6.86. The molecule has 1 fully saturated rings. The highest BCUT2D eigenvalue weighted by atomic mass is 32.2. The summed E-state index contributed by atoms with van der Waals surface area (Å²) >= 11 is 0. The molecule has 1 aliphatic rings. The van der Waals surface area contributed by atoms with Crippen molar-refractivity contribution in [3.8, 4) is 0 Å². The summed E-state index contributed by atoms with van der Waals surface area (Å²) < 4.78 is 63.9. The molecule has 0 heterocycles. The van der Waals surface area contributed by atoms with Crippen LogP contribution in [-0.2, 0) is 20.8 Å². The number of carbonyl (C=O) groups excluding carboxylic acids is 1. The third kappa shape index (κ3) is 5.93. The average Bonchev–Trinajstić information content (AvgIpc) is 2.59. The van der Waals surface area contributed by atoms with Crippen molar-refractivity contribution >= 4 is 15.7 Å². The van der Waals surface area contributed by atoms with Gasteiger partial charge in [-0.1, -0.05) is 6.07 Å². The molecule has 9 heteroatoms. The maximum atomic E-state index is 12.8. The highest BCUT2D eigenvalue weighted by Crippen LogP contribution is 2.33. The van der Waals surface area contributed by atoms with Crippen LogP contribution in [0.1, 0.15) is 45.1 Å². The zero-order chi connectivity index (χ0) is 20.2. The van der Waals surface area contributed by atoms with Gasteiger partial charge >= 0.3 is 6.18 Å². The van der Waals surface area contributed by atoms with Gasteiger partial charge in [-0.3, -0.25) is 4.79 Å². The van der Waals surface area contributed by atoms with Gasteiger partial charge in [-0.15, -0.1) is 0 Å². The molecule has 0 spiro atoms. The lowest BCUT2D eigenvalue weighted by Crippen LogP contribution is -2.43. The SMILES string of the molecule is CC(C)NC(=O)CN[C@H]1CC[C@@H](S(=O)(=O)c2cccc(C(F)(F)F)c2)CC1. The van der Waals surface area contributed by atoms with Crippen molar-refractivity contribution < 1.29 is 26.4 Å². The predicted octanol–water partition coefficient (Wildman–Crippen LogP) is 2.90. The van der Waals surface area contributed by atoms with Gasteiger partial charge in [-0.25, -0.2) is 8.42 Å². The number of nitrogens with one attached hydrogen (secondary N) is 2. The molecule has 1 aromatic rings. The second-order valence-corrected chi connectivity index (χ2v) is 9.38. The van der Waals surface area contributed by atoms with Crippen LogP contribution in [0.2, 0.25) is 0 Å². The van der Waals surface area contributed by atoms with E-state index in [1.807, 2.05) is 13.8 Å². The summed E-state index contributed by atoms with van der Waals surface area (Å²) in [4.78, 5) is 11.4. The minimum atomic E-state index is -4.58. The fraction of sp³-hybridized carbons (Fsp3) is 0.611. The zero-order valence-corrected chi connectivity index (χ0v) is 16.2. The van der Waals surface area contributed by atoms with Crippen molar-refractivity contribution in [2.24, 2.45) is 0 Å². The summed E-state index contributed by atoms with van der Waals surface area (Å²) in [5, 5.41) is 5.17. The Morgan fingerprint density at radius 1 is 1.19 bits per heavy atom. The Labute approximate surface area is 157 Å². The summed E-state index contributed by atoms with van der Waals surface area (Å²) in [5.41, 5.74) is -0.963. The van der Waals surface area contributed by atoms with Crippen LogP contribution in [0.4, 0.5) is 13.2 Å². The van der Waals surface area contributed by atoms with E-state index in [-0.39, 0.29) is 29.4 Å². The normalized spacial score (nSPS) is 21.3. The number of carbonyl (C=O) groups is 1. The monoisotopic (exact) mass is 406 g/mol. The molecule has 152 valence electrons. The van der Waals surface area contributed by atoms with Crippen LogP contribution in [0.15, 0.2) is 29.2 Å². The third-order valence-electron chi connectivity index (χ3n) is 4.60. The molecule has 0 aliphatic heterocycles. The molecule has 5 nitrogen and oxygen atoms in total. The lowest BCUT2D eigenvalue weighted by molar-refractivity contribution is -0.137. The van der Waals surface area contributed by atoms with Gasteiger partial charge in [0, 0.05) is 12.1 Å². The second-order valence-electron chi connectivity index (χ2n) is 7.15. The number of sulfone groups is 1. The number of amides is 1. The minimum absolute atomic E-state index is 0.0240. The topological polar surface area (TPSA) is 75.3 Å². The van der Waals surface area contributed by atoms with Crippen LogP contribution >= 0.6 is 0 Å². The van der Waals surface area contributed by atoms with Crippen LogP contribution < -0.4 is 10.6 Å². The Hall–Kier alpha value is -1.61. The second kappa shape index (κ2) is 8.60. The summed E-state index contributed by atoms with van der Waals surface area (Å²) in [6, 6.07) is 3.97. The fourth-order valence-electron chi connectivity index (χ4n) is 3.23. The Morgan fingerprint density at radius 3 is 2.37 bits per heavy atom. The molecule has 0 aromatic heterocycles. The molecule has 1 aromatic carbocycles. The molecule has 0 atom stereocenters. The maximum absolute atomic E-state index is 12.8. The Balaban J connectivity index is 1.96. The van der Waals surface area contributed by atoms with E-state index in [1.165, 1.54) is 6.07 Å². The van der Waals surface area contributed by atoms with E-state index in [0.29, 0.717) is 31.7 Å². The molecule has 0 saturated heterocycles. The molecule has 2 rings (SSSR count). The van der Waals surface area contributed by atoms with Gasteiger partial charge < -0.3 is 10.6 Å². The molecule has 2 N–H and O–H groups in total. The quantitative estimate of drug-likeness (QED) is 0.762. The number of hydrogen-bond acceptors (Lipinski definition) is 4. The van der Waals surface area contributed by atoms with Gasteiger partial charge in [0.25, 0.3) is 0 Å². The highest BCUT2D eigenvalue weighted by Gasteiger charge is 2.35. The lowest BCUT2D eigenvalue weighted by atomic mass is 9.95. The predicted molar refractivity (Wildman–Crippen MR) is 96.0 cm³/mol. The Morgan fingerprint density at radius 2 is 1.81 bits per heavy atom. The smallest absolute Gasteiger partial charge is 0.353 e. The van der Waals surface area contributed by atoms with Gasteiger partial charge in [0.05, 0.1) is 22.3 Å². The van der Waals surface area contributed by atoms with E-state index in [0.717, 1.165) is 12.1 Å². The van der Waals surface area contributed by atoms with Crippen molar-refractivity contribution in [3.63, 3.8) is 0 Å². The average molecular weight is 406 g/mol. The molecule has 1 amide bonds. The van der Waals surface area contributed by atoms with Crippen molar-refractivity contribution in [2.45, 2.75) is 67.9 Å². The first-order chi connectivity index (χ1) is 12.5. The van der Waals surface area contributed by atoms with Crippen molar-refractivity contribution in [1.82, 2.24) is 10.6 Å². The van der Waals surface area contributed by atoms with E-state index in [9.17, 15) is 26.4 Å². The Bertz CT molecular complexity index is 755. The number of halogens is 3. The molecular weight excluding hydrogens is 381 g/mol. The van der Waals surface area contributed by atoms with Crippen molar-refractivity contribution in [1.29, 1.82) is 0 Å². The molecule has 27 heavy (non-hydrogen) atoms. The summed E-state index contributed by atoms with van der Waals surface area (Å²) in [6.07, 6.45) is -2.77. The number of rotatable bonds is 6. The fourth-order valence-corrected chi connectivity index (χ4v) is 5.07. The highest BCUT2D eigenvalue weighted by molar-refractivity contribution is 7.92. The largest absolute Gasteiger partial charge is 0.416 e. The molecular formula is C18H25F3N2O3S. The lowest BCUT2D eigenvalue weighted by Gasteiger charge is -2.29. The van der Waals surface area contributed by atoms with Gasteiger partial charge in [0.2, 0.25) is 5.91 Å². The van der Waals surface area contributed by atoms with Crippen LogP contribution in [-0.4, -0.2) is 38.2 Å². The standard InChI is InChI=1S/C18H25F3N2O3S/c1-12(2)23-17(24)11-22-14-6-8-15(9-7-14)27(25,26)16-5-3-4-13(10-16)18(19,20)21/h3-5,10,12,14-15,22H,6-9,11H2,1-2H3,(H,23,24)/t14-,15+. The van der Waals surface area contributed by atoms with Gasteiger partial charge in [-0.05, 0) is 57.7 Å². The molecule has 0 unspecified atom stereocenters. The number of benzene rings is 1. The van der Waals surface area contributed by atoms with Crippen LogP contribution in [0.25, 0.3) is 0 Å². The van der Waals surface area contributed by atoms with Crippen molar-refractivity contribution in [3.05, 3.63) is 29.8 Å². The molecule has 1 saturated carbocycles. The van der Waals surface area contributed by atoms with Gasteiger partial charge in [0.1, 0.15) is 0 Å². The van der Waals surface area contributed by atoms with Crippen LogP contribution in [0.5, 0.6) is 0 Å². The Kier molecular flexibility index (Phi) is 6.91. The molecule has 0 bridgehead atoms. The summed E-state index contributed by atoms with van der Waals surface area (Å²) in [5.74, 6) is -0.122. The molecule has 0 radical (unpaired) electrons. The van der Waals surface area contributed by atoms with Crippen LogP contribution in [0.3, 0.4) is 0 Å². The summed E-state index contributed by atoms with van der Waals surface area (Å²) in [6.45, 7) is 3.89. The van der Waals surface area contributed by atoms with E-state index >= 15 is 0 Å². The number of hydrogen-bond donors (Lipinski definition) is 2. The van der Waals surface area contributed by atoms with E-state index in [1.54, 1.807) is 0 Å². The van der Waals surface area contributed by atoms with E-state index in [2.05, 4.69) is 10.6 Å². The minimum Gasteiger partial charge on any atom is -0.353 e. The van der Waals surface area contributed by atoms with Crippen LogP contribution in [0, 0.1) is 0 Å². The van der Waals surface area contributed by atoms with Gasteiger partial charge in [0.15, 0.2) is 9.84 Å². The zero-order valence-electron chi connectivity index (χ0n) is 15.3.